The lowest BCUT2D eigenvalue weighted by Gasteiger charge is -2.11. The van der Waals surface area contributed by atoms with Gasteiger partial charge in [0.25, 0.3) is 0 Å². The summed E-state index contributed by atoms with van der Waals surface area (Å²) in [5.74, 6) is 1.93. The van der Waals surface area contributed by atoms with E-state index in [2.05, 4.69) is 64.3 Å². The first kappa shape index (κ1) is 28.5. The molecule has 0 saturated carbocycles. The molecule has 0 amide bonds. The molecule has 3 rings (SSSR count). The Balaban J connectivity index is 0.00000222. The van der Waals surface area contributed by atoms with Gasteiger partial charge in [-0.1, -0.05) is 80.3 Å². The van der Waals surface area contributed by atoms with Crippen molar-refractivity contribution in [3.63, 3.8) is 0 Å². The quantitative estimate of drug-likeness (QED) is 0.210. The fourth-order valence-corrected chi connectivity index (χ4v) is 3.34. The summed E-state index contributed by atoms with van der Waals surface area (Å²) in [5.41, 5.74) is 8.21. The van der Waals surface area contributed by atoms with Crippen LogP contribution in [0.5, 0.6) is 11.5 Å². The highest BCUT2D eigenvalue weighted by Crippen LogP contribution is 2.22. The normalized spacial score (nSPS) is 19.1. The van der Waals surface area contributed by atoms with Crippen LogP contribution in [0.3, 0.4) is 0 Å². The first-order valence-electron chi connectivity index (χ1n) is 12.4. The third-order valence-corrected chi connectivity index (χ3v) is 5.17. The molecule has 2 atom stereocenters. The summed E-state index contributed by atoms with van der Waals surface area (Å²) in [6.45, 7) is 11.2. The molecule has 2 N–H and O–H groups in total. The molecule has 0 saturated heterocycles. The van der Waals surface area contributed by atoms with Crippen molar-refractivity contribution >= 4 is 5.71 Å². The maximum atomic E-state index is 6.01. The van der Waals surface area contributed by atoms with E-state index in [1.807, 2.05) is 57.2 Å². The molecule has 1 aliphatic carbocycles. The van der Waals surface area contributed by atoms with Gasteiger partial charge < -0.3 is 9.47 Å². The van der Waals surface area contributed by atoms with Crippen molar-refractivity contribution in [1.82, 2.24) is 11.0 Å². The zero-order chi connectivity index (χ0) is 26.0. The number of fused-ring (bicyclic) bond motifs is 2. The molecule has 7 nitrogen and oxygen atoms in total. The third kappa shape index (κ3) is 10.7. The number of hydrogen-bond donors (Lipinski definition) is 2. The van der Waals surface area contributed by atoms with Gasteiger partial charge in [-0.2, -0.15) is 5.11 Å². The Morgan fingerprint density at radius 1 is 1.14 bits per heavy atom. The van der Waals surface area contributed by atoms with Crippen LogP contribution in [-0.4, -0.2) is 38.6 Å². The zero-order valence-electron chi connectivity index (χ0n) is 21.9. The number of aliphatic imine (C=N–C) groups is 1. The second kappa shape index (κ2) is 16.8. The standard InChI is InChI=1S/C27H33N5O2.C2H6/c1-4-22(18-29-32-31-28-3)13-12-21(2)19-33-26-10-7-11-27(17-26)34-20-25-15-14-23-8-5-6-9-24(16-23)30-25;1-2/h4-15,17,23-24H,1,16,18-20H2,2-3H3,(H,28,32)(H,29,31);1-2H3/b21-12+,22-13+;. The van der Waals surface area contributed by atoms with Crippen molar-refractivity contribution in [2.24, 2.45) is 21.2 Å². The Labute approximate surface area is 215 Å². The monoisotopic (exact) mass is 489 g/mol. The Bertz CT molecular complexity index is 1030. The van der Waals surface area contributed by atoms with Crippen LogP contribution in [0.4, 0.5) is 0 Å². The van der Waals surface area contributed by atoms with Crippen LogP contribution in [0.15, 0.2) is 112 Å². The highest BCUT2D eigenvalue weighted by Gasteiger charge is 2.15. The van der Waals surface area contributed by atoms with Gasteiger partial charge in [-0.3, -0.25) is 4.99 Å². The van der Waals surface area contributed by atoms with Gasteiger partial charge in [-0.25, -0.2) is 11.0 Å². The average Bonchev–Trinajstić information content (AvgIpc) is 3.27. The van der Waals surface area contributed by atoms with Gasteiger partial charge in [0.1, 0.15) is 24.7 Å². The van der Waals surface area contributed by atoms with E-state index in [1.165, 1.54) is 0 Å². The van der Waals surface area contributed by atoms with Crippen molar-refractivity contribution in [3.8, 4) is 11.5 Å². The van der Waals surface area contributed by atoms with Crippen LogP contribution in [-0.2, 0) is 0 Å². The summed E-state index contributed by atoms with van der Waals surface area (Å²) in [7, 11) is 1.72. The summed E-state index contributed by atoms with van der Waals surface area (Å²) >= 11 is 0. The molecule has 0 spiro atoms. The van der Waals surface area contributed by atoms with Crippen molar-refractivity contribution in [2.45, 2.75) is 33.2 Å². The lowest BCUT2D eigenvalue weighted by atomic mass is 10.0. The number of hydrogen-bond acceptors (Lipinski definition) is 6. The van der Waals surface area contributed by atoms with Gasteiger partial charge in [-0.15, -0.1) is 0 Å². The molecule has 2 unspecified atom stereocenters. The lowest BCUT2D eigenvalue weighted by Crippen LogP contribution is -2.20. The van der Waals surface area contributed by atoms with Gasteiger partial charge >= 0.3 is 0 Å². The molecule has 1 aromatic carbocycles. The maximum Gasteiger partial charge on any atom is 0.130 e. The molecule has 7 heteroatoms. The number of allylic oxidation sites excluding steroid dienone is 6. The molecule has 2 bridgehead atoms. The second-order valence-electron chi connectivity index (χ2n) is 7.99. The van der Waals surface area contributed by atoms with E-state index in [1.54, 1.807) is 13.1 Å². The molecule has 1 heterocycles. The Hall–Kier alpha value is -3.71. The molecule has 0 fully saturated rings. The molecule has 1 aromatic rings. The van der Waals surface area contributed by atoms with Gasteiger partial charge in [0, 0.05) is 13.1 Å². The minimum Gasteiger partial charge on any atom is -0.489 e. The highest BCUT2D eigenvalue weighted by molar-refractivity contribution is 5.96. The first-order chi connectivity index (χ1) is 17.7. The number of benzene rings is 1. The average molecular weight is 490 g/mol. The van der Waals surface area contributed by atoms with Crippen LogP contribution >= 0.6 is 0 Å². The SMILES string of the molecule is C=C/C(=C\C=C(/C)COc1cccc(OCC2=NC3C=CC=CC(C=C2)C3)c1)CN=NNNC.CC. The van der Waals surface area contributed by atoms with Gasteiger partial charge in [0.15, 0.2) is 0 Å². The van der Waals surface area contributed by atoms with Crippen molar-refractivity contribution < 1.29 is 9.47 Å². The zero-order valence-corrected chi connectivity index (χ0v) is 21.9. The van der Waals surface area contributed by atoms with Crippen LogP contribution < -0.4 is 20.4 Å². The van der Waals surface area contributed by atoms with E-state index in [4.69, 9.17) is 14.5 Å². The lowest BCUT2D eigenvalue weighted by molar-refractivity contribution is 0.342. The van der Waals surface area contributed by atoms with Crippen LogP contribution in [0, 0.1) is 5.92 Å². The third-order valence-electron chi connectivity index (χ3n) is 5.17. The summed E-state index contributed by atoms with van der Waals surface area (Å²) in [4.78, 5) is 4.83. The predicted molar refractivity (Wildman–Crippen MR) is 149 cm³/mol. The largest absolute Gasteiger partial charge is 0.489 e. The van der Waals surface area contributed by atoms with Crippen molar-refractivity contribution in [3.05, 3.63) is 96.7 Å². The number of ether oxygens (including phenoxy) is 2. The molecule has 36 heavy (non-hydrogen) atoms. The van der Waals surface area contributed by atoms with Crippen molar-refractivity contribution in [2.75, 3.05) is 26.8 Å². The van der Waals surface area contributed by atoms with Crippen LogP contribution in [0.1, 0.15) is 27.2 Å². The Morgan fingerprint density at radius 2 is 1.92 bits per heavy atom. The molecular formula is C29H39N5O2. The molecule has 0 aromatic heterocycles. The van der Waals surface area contributed by atoms with E-state index >= 15 is 0 Å². The summed E-state index contributed by atoms with van der Waals surface area (Å²) in [5, 5.41) is 7.77. The van der Waals surface area contributed by atoms with E-state index in [0.717, 1.165) is 34.8 Å². The topological polar surface area (TPSA) is 79.6 Å². The second-order valence-corrected chi connectivity index (χ2v) is 7.99. The van der Waals surface area contributed by atoms with E-state index in [0.29, 0.717) is 25.7 Å². The molecule has 192 valence electrons. The first-order valence-corrected chi connectivity index (χ1v) is 12.4. The van der Waals surface area contributed by atoms with Gasteiger partial charge in [0.05, 0.1) is 18.3 Å². The summed E-state index contributed by atoms with van der Waals surface area (Å²) in [6.07, 6.45) is 19.5. The minimum atomic E-state index is 0.196. The molecular weight excluding hydrogens is 450 g/mol. The van der Waals surface area contributed by atoms with Crippen LogP contribution in [0.25, 0.3) is 0 Å². The van der Waals surface area contributed by atoms with Crippen LogP contribution in [0.2, 0.25) is 0 Å². The minimum absolute atomic E-state index is 0.196. The Morgan fingerprint density at radius 3 is 2.69 bits per heavy atom. The van der Waals surface area contributed by atoms with E-state index in [9.17, 15) is 0 Å². The number of hydrazine groups is 1. The summed E-state index contributed by atoms with van der Waals surface area (Å²) in [6, 6.07) is 7.88. The Kier molecular flexibility index (Phi) is 13.3. The number of nitrogens with one attached hydrogen (secondary N) is 2. The van der Waals surface area contributed by atoms with Gasteiger partial charge in [-0.05, 0) is 48.6 Å². The highest BCUT2D eigenvalue weighted by atomic mass is 16.5. The molecule has 2 aliphatic rings. The van der Waals surface area contributed by atoms with E-state index in [-0.39, 0.29) is 6.04 Å². The molecule has 1 aliphatic heterocycles. The van der Waals surface area contributed by atoms with Crippen molar-refractivity contribution in [1.29, 1.82) is 0 Å². The van der Waals surface area contributed by atoms with E-state index < -0.39 is 0 Å². The summed E-state index contributed by atoms with van der Waals surface area (Å²) < 4.78 is 12.0. The smallest absolute Gasteiger partial charge is 0.130 e. The number of rotatable bonds is 12. The molecule has 0 radical (unpaired) electrons. The fraction of sp³-hybridized carbons (Fsp3) is 0.345. The predicted octanol–water partition coefficient (Wildman–Crippen LogP) is 6.13. The van der Waals surface area contributed by atoms with Gasteiger partial charge in [0.2, 0.25) is 0 Å². The fourth-order valence-electron chi connectivity index (χ4n) is 3.34. The number of nitrogens with zero attached hydrogens (tertiary/aromatic N) is 3. The maximum absolute atomic E-state index is 6.01.